The number of rotatable bonds is 11. The summed E-state index contributed by atoms with van der Waals surface area (Å²) in [7, 11) is -3.69. The summed E-state index contributed by atoms with van der Waals surface area (Å²) in [6.07, 6.45) is 0. The van der Waals surface area contributed by atoms with E-state index in [1.165, 1.54) is 36.0 Å². The fraction of sp³-hybridized carbons (Fsp3) is 0.286. The van der Waals surface area contributed by atoms with E-state index in [2.05, 4.69) is 25.2 Å². The first-order chi connectivity index (χ1) is 15.3. The van der Waals surface area contributed by atoms with Crippen molar-refractivity contribution in [2.24, 2.45) is 0 Å². The van der Waals surface area contributed by atoms with Gasteiger partial charge in [0, 0.05) is 18.3 Å². The zero-order valence-corrected chi connectivity index (χ0v) is 19.4. The molecule has 170 valence electrons. The Balaban J connectivity index is 1.43. The Hall–Kier alpha value is -2.89. The molecule has 0 aliphatic carbocycles. The summed E-state index contributed by atoms with van der Waals surface area (Å²) in [5.74, 6) is 1.50. The number of carbonyl (C=O) groups is 1. The van der Waals surface area contributed by atoms with E-state index in [9.17, 15) is 13.2 Å². The van der Waals surface area contributed by atoms with Gasteiger partial charge in [0.15, 0.2) is 6.61 Å². The summed E-state index contributed by atoms with van der Waals surface area (Å²) >= 11 is 1.43. The zero-order valence-electron chi connectivity index (χ0n) is 17.7. The average molecular weight is 476 g/mol. The number of amides is 1. The van der Waals surface area contributed by atoms with Gasteiger partial charge in [-0.25, -0.2) is 18.1 Å². The maximum Gasteiger partial charge on any atom is 0.257 e. The molecule has 1 aromatic heterocycles. The van der Waals surface area contributed by atoms with Crippen LogP contribution in [0.4, 0.5) is 0 Å². The lowest BCUT2D eigenvalue weighted by molar-refractivity contribution is -0.122. The average Bonchev–Trinajstić information content (AvgIpc) is 3.21. The number of benzene rings is 2. The Kier molecular flexibility index (Phi) is 8.26. The van der Waals surface area contributed by atoms with E-state index in [-0.39, 0.29) is 23.5 Å². The molecule has 3 rings (SSSR count). The number of nitrogens with one attached hydrogen (secondary N) is 3. The van der Waals surface area contributed by atoms with E-state index in [0.717, 1.165) is 11.4 Å². The van der Waals surface area contributed by atoms with Crippen molar-refractivity contribution in [3.8, 4) is 5.75 Å². The predicted molar refractivity (Wildman–Crippen MR) is 122 cm³/mol. The molecule has 3 N–H and O–H groups in total. The first-order valence-corrected chi connectivity index (χ1v) is 12.4. The molecular weight excluding hydrogens is 450 g/mol. The highest BCUT2D eigenvalue weighted by Crippen LogP contribution is 2.19. The number of sulfonamides is 1. The first-order valence-electron chi connectivity index (χ1n) is 9.92. The minimum Gasteiger partial charge on any atom is -0.484 e. The molecule has 1 atom stereocenters. The second-order valence-corrected chi connectivity index (χ2v) is 9.69. The van der Waals surface area contributed by atoms with Gasteiger partial charge in [-0.05, 0) is 43.7 Å². The molecule has 0 spiro atoms. The van der Waals surface area contributed by atoms with E-state index in [0.29, 0.717) is 23.2 Å². The molecule has 0 unspecified atom stereocenters. The molecule has 0 aliphatic rings. The summed E-state index contributed by atoms with van der Waals surface area (Å²) in [5, 5.41) is 10.1. The molecule has 0 radical (unpaired) electrons. The SMILES string of the molecule is Cc1nc(SCCNC(=O)COc2ccc(S(=O)(=O)N[C@H](C)c3ccccc3)cc2)n[nH]1. The highest BCUT2D eigenvalue weighted by molar-refractivity contribution is 7.99. The van der Waals surface area contributed by atoms with Crippen LogP contribution in [0.5, 0.6) is 5.75 Å². The van der Waals surface area contributed by atoms with Crippen LogP contribution in [-0.2, 0) is 14.8 Å². The van der Waals surface area contributed by atoms with Crippen molar-refractivity contribution >= 4 is 27.7 Å². The van der Waals surface area contributed by atoms with Gasteiger partial charge in [0.25, 0.3) is 5.91 Å². The molecule has 0 bridgehead atoms. The molecule has 2 aromatic carbocycles. The molecule has 9 nitrogen and oxygen atoms in total. The van der Waals surface area contributed by atoms with Gasteiger partial charge in [0.2, 0.25) is 15.2 Å². The van der Waals surface area contributed by atoms with Crippen LogP contribution in [0.3, 0.4) is 0 Å². The Morgan fingerprint density at radius 2 is 1.88 bits per heavy atom. The third-order valence-corrected chi connectivity index (χ3v) is 6.77. The van der Waals surface area contributed by atoms with Crippen LogP contribution in [0.2, 0.25) is 0 Å². The maximum absolute atomic E-state index is 12.6. The molecular formula is C21H25N5O4S2. The molecule has 0 saturated carbocycles. The van der Waals surface area contributed by atoms with E-state index in [1.54, 1.807) is 6.92 Å². The fourth-order valence-electron chi connectivity index (χ4n) is 2.74. The highest BCUT2D eigenvalue weighted by atomic mass is 32.2. The molecule has 32 heavy (non-hydrogen) atoms. The lowest BCUT2D eigenvalue weighted by Crippen LogP contribution is -2.30. The Morgan fingerprint density at radius 3 is 2.53 bits per heavy atom. The number of aromatic nitrogens is 3. The number of hydrogen-bond acceptors (Lipinski definition) is 7. The minimum absolute atomic E-state index is 0.122. The number of aryl methyl sites for hydroxylation is 1. The van der Waals surface area contributed by atoms with Gasteiger partial charge in [0.05, 0.1) is 4.90 Å². The van der Waals surface area contributed by atoms with Crippen LogP contribution < -0.4 is 14.8 Å². The van der Waals surface area contributed by atoms with Crippen molar-refractivity contribution in [1.29, 1.82) is 0 Å². The molecule has 0 fully saturated rings. The lowest BCUT2D eigenvalue weighted by atomic mass is 10.1. The van der Waals surface area contributed by atoms with Gasteiger partial charge < -0.3 is 10.1 Å². The molecule has 3 aromatic rings. The Bertz CT molecular complexity index is 1120. The molecule has 0 saturated heterocycles. The first kappa shape index (κ1) is 23.8. The summed E-state index contributed by atoms with van der Waals surface area (Å²) in [5.41, 5.74) is 0.871. The highest BCUT2D eigenvalue weighted by Gasteiger charge is 2.18. The Labute approximate surface area is 191 Å². The monoisotopic (exact) mass is 475 g/mol. The minimum atomic E-state index is -3.69. The van der Waals surface area contributed by atoms with Crippen molar-refractivity contribution < 1.29 is 17.9 Å². The molecule has 1 amide bonds. The smallest absolute Gasteiger partial charge is 0.257 e. The second-order valence-electron chi connectivity index (χ2n) is 6.92. The van der Waals surface area contributed by atoms with Gasteiger partial charge in [-0.3, -0.25) is 9.89 Å². The van der Waals surface area contributed by atoms with Crippen molar-refractivity contribution in [3.63, 3.8) is 0 Å². The van der Waals surface area contributed by atoms with Gasteiger partial charge in [-0.2, -0.15) is 0 Å². The van der Waals surface area contributed by atoms with Crippen LogP contribution in [0.15, 0.2) is 64.6 Å². The summed E-state index contributed by atoms with van der Waals surface area (Å²) in [6, 6.07) is 14.9. The number of nitrogens with zero attached hydrogens (tertiary/aromatic N) is 2. The van der Waals surface area contributed by atoms with Crippen molar-refractivity contribution in [2.75, 3.05) is 18.9 Å². The standard InChI is InChI=1S/C21H25N5O4S2/c1-15(17-6-4-3-5-7-17)26-32(28,29)19-10-8-18(9-11-19)30-14-20(27)22-12-13-31-21-23-16(2)24-25-21/h3-11,15,26H,12-14H2,1-2H3,(H,22,27)(H,23,24,25)/t15-/m1/s1. The lowest BCUT2D eigenvalue weighted by Gasteiger charge is -2.15. The number of H-pyrrole nitrogens is 1. The van der Waals surface area contributed by atoms with E-state index in [4.69, 9.17) is 4.74 Å². The third-order valence-electron chi connectivity index (χ3n) is 4.37. The van der Waals surface area contributed by atoms with Crippen molar-refractivity contribution in [2.45, 2.75) is 29.9 Å². The van der Waals surface area contributed by atoms with Crippen LogP contribution in [0.1, 0.15) is 24.4 Å². The third kappa shape index (κ3) is 7.08. The van der Waals surface area contributed by atoms with Gasteiger partial charge in [0.1, 0.15) is 11.6 Å². The number of ether oxygens (including phenoxy) is 1. The van der Waals surface area contributed by atoms with E-state index >= 15 is 0 Å². The molecule has 0 aliphatic heterocycles. The number of aromatic amines is 1. The van der Waals surface area contributed by atoms with Crippen LogP contribution in [0.25, 0.3) is 0 Å². The number of thioether (sulfide) groups is 1. The zero-order chi connectivity index (χ0) is 23.0. The Morgan fingerprint density at radius 1 is 1.16 bits per heavy atom. The second kappa shape index (κ2) is 11.1. The van der Waals surface area contributed by atoms with Crippen LogP contribution in [-0.4, -0.2) is 48.4 Å². The van der Waals surface area contributed by atoms with Crippen molar-refractivity contribution in [3.05, 3.63) is 66.0 Å². The van der Waals surface area contributed by atoms with Crippen molar-refractivity contribution in [1.82, 2.24) is 25.2 Å². The molecule has 1 heterocycles. The number of hydrogen-bond donors (Lipinski definition) is 3. The summed E-state index contributed by atoms with van der Waals surface area (Å²) < 4.78 is 33.3. The van der Waals surface area contributed by atoms with E-state index < -0.39 is 10.0 Å². The van der Waals surface area contributed by atoms with Gasteiger partial charge in [-0.1, -0.05) is 42.1 Å². The van der Waals surface area contributed by atoms with Crippen LogP contribution >= 0.6 is 11.8 Å². The van der Waals surface area contributed by atoms with E-state index in [1.807, 2.05) is 37.3 Å². The largest absolute Gasteiger partial charge is 0.484 e. The topological polar surface area (TPSA) is 126 Å². The quantitative estimate of drug-likeness (QED) is 0.287. The predicted octanol–water partition coefficient (Wildman–Crippen LogP) is 2.44. The van der Waals surface area contributed by atoms with Gasteiger partial charge >= 0.3 is 0 Å². The summed E-state index contributed by atoms with van der Waals surface area (Å²) in [6.45, 7) is 3.89. The maximum atomic E-state index is 12.6. The fourth-order valence-corrected chi connectivity index (χ4v) is 4.68. The summed E-state index contributed by atoms with van der Waals surface area (Å²) in [4.78, 5) is 16.2. The normalized spacial score (nSPS) is 12.3. The van der Waals surface area contributed by atoms with Crippen LogP contribution in [0, 0.1) is 6.92 Å². The molecule has 11 heteroatoms. The number of carbonyl (C=O) groups excluding carboxylic acids is 1. The van der Waals surface area contributed by atoms with Gasteiger partial charge in [-0.15, -0.1) is 5.10 Å².